The first kappa shape index (κ1) is 25.6. The highest BCUT2D eigenvalue weighted by Crippen LogP contribution is 2.33. The van der Waals surface area contributed by atoms with E-state index in [-0.39, 0.29) is 15.7 Å². The summed E-state index contributed by atoms with van der Waals surface area (Å²) in [7, 11) is 1.53. The first-order chi connectivity index (χ1) is 18.8. The molecule has 2 N–H and O–H groups in total. The van der Waals surface area contributed by atoms with E-state index >= 15 is 0 Å². The molecule has 0 spiro atoms. The molecule has 3 aromatic carbocycles. The molecule has 0 unspecified atom stereocenters. The number of carbonyl (C=O) groups is 1. The Morgan fingerprint density at radius 3 is 2.62 bits per heavy atom. The summed E-state index contributed by atoms with van der Waals surface area (Å²) in [6.45, 7) is 1.70. The third-order valence-electron chi connectivity index (χ3n) is 6.24. The van der Waals surface area contributed by atoms with Gasteiger partial charge < -0.3 is 15.2 Å². The second-order valence-corrected chi connectivity index (χ2v) is 9.66. The molecule has 0 saturated heterocycles. The highest BCUT2D eigenvalue weighted by molar-refractivity contribution is 7.07. The number of amides is 1. The lowest BCUT2D eigenvalue weighted by molar-refractivity contribution is -0.385. The molecule has 0 bridgehead atoms. The Labute approximate surface area is 225 Å². The second-order valence-electron chi connectivity index (χ2n) is 8.65. The van der Waals surface area contributed by atoms with Gasteiger partial charge in [0.1, 0.15) is 5.75 Å². The van der Waals surface area contributed by atoms with Crippen molar-refractivity contribution in [2.75, 3.05) is 12.4 Å². The van der Waals surface area contributed by atoms with Crippen molar-refractivity contribution in [2.45, 2.75) is 13.0 Å². The Bertz CT molecular complexity index is 1820. The minimum absolute atomic E-state index is 0.116. The van der Waals surface area contributed by atoms with Gasteiger partial charge in [0.05, 0.1) is 33.9 Å². The number of nitrogens with one attached hydrogen (secondary N) is 1. The van der Waals surface area contributed by atoms with Gasteiger partial charge in [-0.15, -0.1) is 0 Å². The number of nitrogens with zero attached hydrogens (tertiary/aromatic N) is 3. The van der Waals surface area contributed by atoms with Gasteiger partial charge in [-0.25, -0.2) is 4.99 Å². The fourth-order valence-electron chi connectivity index (χ4n) is 4.41. The second kappa shape index (κ2) is 10.4. The van der Waals surface area contributed by atoms with Crippen LogP contribution in [-0.2, 0) is 4.79 Å². The van der Waals surface area contributed by atoms with Crippen LogP contribution >= 0.6 is 11.3 Å². The fourth-order valence-corrected chi connectivity index (χ4v) is 5.45. The normalized spacial score (nSPS) is 14.9. The van der Waals surface area contributed by atoms with Crippen LogP contribution in [-0.4, -0.2) is 27.6 Å². The summed E-state index contributed by atoms with van der Waals surface area (Å²) in [5.41, 5.74) is 1.12. The number of aromatic nitrogens is 1. The number of phenolic OH excluding ortho intramolecular Hbond substituents is 1. The summed E-state index contributed by atoms with van der Waals surface area (Å²) >= 11 is 1.06. The standard InChI is InChI=1S/C28H22N4O6S/c1-16-23(26(34)30-19-10-4-3-5-11-19)24(17-8-6-12-20(14-17)38-2)31-27(35)22(39-28(31)29-16)15-18-9-7-13-21(25(18)33)32(36)37/h3-15,24,33H,1-2H3,(H,30,34)/b22-15+/t24-/m0/s1. The number of hydrogen-bond acceptors (Lipinski definition) is 8. The van der Waals surface area contributed by atoms with Crippen molar-refractivity contribution >= 4 is 34.7 Å². The minimum atomic E-state index is -0.832. The van der Waals surface area contributed by atoms with E-state index in [9.17, 15) is 24.8 Å². The number of nitro groups is 1. The summed E-state index contributed by atoms with van der Waals surface area (Å²) in [4.78, 5) is 42.9. The molecule has 1 aliphatic heterocycles. The van der Waals surface area contributed by atoms with E-state index in [1.807, 2.05) is 6.07 Å². The van der Waals surface area contributed by atoms with Crippen LogP contribution in [0.5, 0.6) is 11.5 Å². The number of hydrogen-bond donors (Lipinski definition) is 2. The number of rotatable bonds is 6. The third kappa shape index (κ3) is 4.82. The number of aromatic hydroxyl groups is 1. The Morgan fingerprint density at radius 2 is 1.90 bits per heavy atom. The number of para-hydroxylation sites is 2. The Balaban J connectivity index is 1.70. The molecule has 0 saturated carbocycles. The molecule has 196 valence electrons. The van der Waals surface area contributed by atoms with Gasteiger partial charge in [0.15, 0.2) is 4.80 Å². The van der Waals surface area contributed by atoms with Crippen LogP contribution in [0.15, 0.2) is 93.9 Å². The lowest BCUT2D eigenvalue weighted by atomic mass is 9.95. The van der Waals surface area contributed by atoms with E-state index in [0.717, 1.165) is 11.3 Å². The molecule has 11 heteroatoms. The molecule has 39 heavy (non-hydrogen) atoms. The molecular weight excluding hydrogens is 520 g/mol. The monoisotopic (exact) mass is 542 g/mol. The van der Waals surface area contributed by atoms with Crippen molar-refractivity contribution in [2.24, 2.45) is 4.99 Å². The largest absolute Gasteiger partial charge is 0.502 e. The van der Waals surface area contributed by atoms with Gasteiger partial charge in [0.25, 0.3) is 11.5 Å². The zero-order valence-electron chi connectivity index (χ0n) is 20.8. The molecule has 2 heterocycles. The predicted octanol–water partition coefficient (Wildman–Crippen LogP) is 3.50. The molecule has 5 rings (SSSR count). The van der Waals surface area contributed by atoms with Crippen LogP contribution in [0.1, 0.15) is 24.1 Å². The van der Waals surface area contributed by atoms with Gasteiger partial charge >= 0.3 is 5.69 Å². The summed E-state index contributed by atoms with van der Waals surface area (Å²) in [5.74, 6) is -0.411. The Hall–Kier alpha value is -5.03. The number of nitro benzene ring substituents is 1. The smallest absolute Gasteiger partial charge is 0.311 e. The maximum absolute atomic E-state index is 13.8. The molecule has 0 radical (unpaired) electrons. The van der Waals surface area contributed by atoms with Crippen molar-refractivity contribution in [1.82, 2.24) is 4.57 Å². The van der Waals surface area contributed by atoms with Gasteiger partial charge in [-0.05, 0) is 42.8 Å². The number of thiazole rings is 1. The number of fused-ring (bicyclic) bond motifs is 1. The molecule has 1 aliphatic rings. The van der Waals surface area contributed by atoms with Crippen LogP contribution in [0.3, 0.4) is 0 Å². The van der Waals surface area contributed by atoms with Crippen molar-refractivity contribution < 1.29 is 19.6 Å². The summed E-state index contributed by atoms with van der Waals surface area (Å²) < 4.78 is 7.01. The topological polar surface area (TPSA) is 136 Å². The highest BCUT2D eigenvalue weighted by Gasteiger charge is 2.33. The van der Waals surface area contributed by atoms with Gasteiger partial charge in [0.2, 0.25) is 5.75 Å². The Kier molecular flexibility index (Phi) is 6.82. The zero-order chi connectivity index (χ0) is 27.7. The van der Waals surface area contributed by atoms with E-state index in [1.165, 1.54) is 36.0 Å². The SMILES string of the molecule is COc1cccc([C@H]2C(C(=O)Nc3ccccc3)=C(C)N=c3s/c(=C/c4cccc([N+](=O)[O-])c4O)c(=O)n32)c1. The predicted molar refractivity (Wildman–Crippen MR) is 147 cm³/mol. The van der Waals surface area contributed by atoms with E-state index < -0.39 is 33.9 Å². The highest BCUT2D eigenvalue weighted by atomic mass is 32.1. The minimum Gasteiger partial charge on any atom is -0.502 e. The lowest BCUT2D eigenvalue weighted by Gasteiger charge is -2.25. The van der Waals surface area contributed by atoms with Crippen LogP contribution in [0.2, 0.25) is 0 Å². The lowest BCUT2D eigenvalue weighted by Crippen LogP contribution is -2.40. The molecule has 4 aromatic rings. The molecule has 0 aliphatic carbocycles. The molecular formula is C28H22N4O6S. The van der Waals surface area contributed by atoms with Gasteiger partial charge in [-0.2, -0.15) is 0 Å². The molecule has 1 aromatic heterocycles. The summed E-state index contributed by atoms with van der Waals surface area (Å²) in [6, 6.07) is 19.3. The average molecular weight is 543 g/mol. The average Bonchev–Trinajstić information content (AvgIpc) is 3.23. The van der Waals surface area contributed by atoms with E-state index in [1.54, 1.807) is 55.5 Å². The van der Waals surface area contributed by atoms with Gasteiger partial charge in [-0.3, -0.25) is 24.3 Å². The maximum Gasteiger partial charge on any atom is 0.311 e. The maximum atomic E-state index is 13.8. The van der Waals surface area contributed by atoms with E-state index in [0.29, 0.717) is 27.5 Å². The molecule has 1 atom stereocenters. The summed E-state index contributed by atoms with van der Waals surface area (Å²) in [5, 5.41) is 24.6. The van der Waals surface area contributed by atoms with E-state index in [4.69, 9.17) is 4.74 Å². The van der Waals surface area contributed by atoms with Gasteiger partial charge in [-0.1, -0.05) is 53.8 Å². The van der Waals surface area contributed by atoms with Crippen molar-refractivity contribution in [3.05, 3.63) is 125 Å². The molecule has 1 amide bonds. The van der Waals surface area contributed by atoms with Crippen molar-refractivity contribution in [3.8, 4) is 11.5 Å². The fraction of sp³-hybridized carbons (Fsp3) is 0.107. The zero-order valence-corrected chi connectivity index (χ0v) is 21.6. The van der Waals surface area contributed by atoms with Crippen LogP contribution in [0.25, 0.3) is 6.08 Å². The Morgan fingerprint density at radius 1 is 1.15 bits per heavy atom. The number of benzene rings is 3. The van der Waals surface area contributed by atoms with Crippen molar-refractivity contribution in [3.63, 3.8) is 0 Å². The van der Waals surface area contributed by atoms with Crippen LogP contribution < -0.4 is 24.9 Å². The summed E-state index contributed by atoms with van der Waals surface area (Å²) in [6.07, 6.45) is 1.39. The molecule has 10 nitrogen and oxygen atoms in total. The number of phenols is 1. The quantitative estimate of drug-likeness (QED) is 0.283. The van der Waals surface area contributed by atoms with Crippen LogP contribution in [0, 0.1) is 10.1 Å². The van der Waals surface area contributed by atoms with Crippen molar-refractivity contribution in [1.29, 1.82) is 0 Å². The number of anilines is 1. The first-order valence-corrected chi connectivity index (χ1v) is 12.6. The van der Waals surface area contributed by atoms with E-state index in [2.05, 4.69) is 10.3 Å². The van der Waals surface area contributed by atoms with Crippen LogP contribution in [0.4, 0.5) is 11.4 Å². The molecule has 0 fully saturated rings. The van der Waals surface area contributed by atoms with Gasteiger partial charge in [0, 0.05) is 17.3 Å². The third-order valence-corrected chi connectivity index (χ3v) is 7.22. The number of allylic oxidation sites excluding steroid dienone is 1. The first-order valence-electron chi connectivity index (χ1n) is 11.8. The number of carbonyl (C=O) groups excluding carboxylic acids is 1. The number of methoxy groups -OCH3 is 1. The number of ether oxygens (including phenoxy) is 1.